The van der Waals surface area contributed by atoms with Crippen LogP contribution in [0.25, 0.3) is 0 Å². The molecule has 0 aromatic rings. The Kier molecular flexibility index (Phi) is 8.04. The Hall–Kier alpha value is -1.54. The summed E-state index contributed by atoms with van der Waals surface area (Å²) >= 11 is 0. The molecule has 0 amide bonds. The molecule has 0 bridgehead atoms. The Bertz CT molecular complexity index is 419. The molecule has 0 aromatic carbocycles. The first kappa shape index (κ1) is 19.5. The fraction of sp³-hybridized carbons (Fsp3) is 0.625. The molecule has 21 heavy (non-hydrogen) atoms. The van der Waals surface area contributed by atoms with Crippen molar-refractivity contribution < 1.29 is 19.1 Å². The van der Waals surface area contributed by atoms with Crippen LogP contribution in [0.3, 0.4) is 0 Å². The van der Waals surface area contributed by atoms with Gasteiger partial charge in [-0.05, 0) is 20.3 Å². The van der Waals surface area contributed by atoms with Gasteiger partial charge in [-0.2, -0.15) is 0 Å². The number of carbonyl (C=O) groups is 2. The second-order valence-corrected chi connectivity index (χ2v) is 10.5. The van der Waals surface area contributed by atoms with Gasteiger partial charge < -0.3 is 9.47 Å². The maximum atomic E-state index is 12.3. The number of hydrogen-bond acceptors (Lipinski definition) is 4. The molecule has 0 spiro atoms. The van der Waals surface area contributed by atoms with Crippen molar-refractivity contribution in [2.24, 2.45) is 5.41 Å². The molecule has 0 aliphatic rings. The van der Waals surface area contributed by atoms with Gasteiger partial charge in [0.05, 0.1) is 13.2 Å². The first-order chi connectivity index (χ1) is 9.73. The third-order valence-electron chi connectivity index (χ3n) is 2.68. The van der Waals surface area contributed by atoms with Gasteiger partial charge in [-0.1, -0.05) is 25.7 Å². The fourth-order valence-corrected chi connectivity index (χ4v) is 2.33. The summed E-state index contributed by atoms with van der Waals surface area (Å²) in [5.41, 5.74) is 1.77. The first-order valence-corrected chi connectivity index (χ1v) is 10.7. The van der Waals surface area contributed by atoms with Crippen LogP contribution < -0.4 is 0 Å². The standard InChI is InChI=1S/C16H26O4Si/c1-7-11-16(14(17)19-8-2,15(18)20-9-3)12-10-13-21(4,5)6/h7H,1,8-9,11-12H2,2-6H3. The van der Waals surface area contributed by atoms with Gasteiger partial charge in [0.25, 0.3) is 0 Å². The number of carbonyl (C=O) groups excluding carboxylic acids is 2. The van der Waals surface area contributed by atoms with Crippen molar-refractivity contribution in [2.75, 3.05) is 13.2 Å². The Morgan fingerprint density at radius 1 is 1.14 bits per heavy atom. The van der Waals surface area contributed by atoms with Gasteiger partial charge in [-0.15, -0.1) is 18.0 Å². The third-order valence-corrected chi connectivity index (χ3v) is 3.61. The lowest BCUT2D eigenvalue weighted by Crippen LogP contribution is -2.41. The highest BCUT2D eigenvalue weighted by atomic mass is 28.3. The normalized spacial score (nSPS) is 11.1. The van der Waals surface area contributed by atoms with E-state index in [4.69, 9.17) is 9.47 Å². The Morgan fingerprint density at radius 2 is 1.62 bits per heavy atom. The van der Waals surface area contributed by atoms with Gasteiger partial charge in [0, 0.05) is 6.42 Å². The molecule has 0 unspecified atom stereocenters. The van der Waals surface area contributed by atoms with E-state index in [9.17, 15) is 9.59 Å². The largest absolute Gasteiger partial charge is 0.465 e. The summed E-state index contributed by atoms with van der Waals surface area (Å²) in [6.45, 7) is 13.8. The van der Waals surface area contributed by atoms with Crippen LogP contribution in [0.15, 0.2) is 12.7 Å². The van der Waals surface area contributed by atoms with Gasteiger partial charge in [0.2, 0.25) is 0 Å². The zero-order chi connectivity index (χ0) is 16.5. The van der Waals surface area contributed by atoms with E-state index in [-0.39, 0.29) is 26.1 Å². The molecule has 0 fully saturated rings. The van der Waals surface area contributed by atoms with Crippen LogP contribution in [0.1, 0.15) is 26.7 Å². The van der Waals surface area contributed by atoms with Gasteiger partial charge in [0.1, 0.15) is 8.07 Å². The maximum absolute atomic E-state index is 12.3. The Labute approximate surface area is 128 Å². The second kappa shape index (κ2) is 8.68. The van der Waals surface area contributed by atoms with Gasteiger partial charge >= 0.3 is 11.9 Å². The maximum Gasteiger partial charge on any atom is 0.324 e. The molecule has 0 N–H and O–H groups in total. The number of rotatable bonds is 7. The molecule has 4 nitrogen and oxygen atoms in total. The fourth-order valence-electron chi connectivity index (χ4n) is 1.71. The molecule has 0 saturated carbocycles. The summed E-state index contributed by atoms with van der Waals surface area (Å²) in [4.78, 5) is 24.6. The minimum Gasteiger partial charge on any atom is -0.465 e. The quantitative estimate of drug-likeness (QED) is 0.238. The molecule has 5 heteroatoms. The smallest absolute Gasteiger partial charge is 0.324 e. The molecule has 118 valence electrons. The number of ether oxygens (including phenoxy) is 2. The average Bonchev–Trinajstić information content (AvgIpc) is 2.36. The second-order valence-electron chi connectivity index (χ2n) is 5.74. The molecule has 0 aromatic heterocycles. The zero-order valence-corrected chi connectivity index (χ0v) is 14.7. The summed E-state index contributed by atoms with van der Waals surface area (Å²) in [6.07, 6.45) is 1.79. The van der Waals surface area contributed by atoms with E-state index >= 15 is 0 Å². The highest BCUT2D eigenvalue weighted by Gasteiger charge is 2.47. The molecule has 0 saturated heterocycles. The predicted octanol–water partition coefficient (Wildman–Crippen LogP) is 2.95. The van der Waals surface area contributed by atoms with Crippen LogP contribution in [0.2, 0.25) is 19.6 Å². The van der Waals surface area contributed by atoms with Crippen LogP contribution in [-0.2, 0) is 19.1 Å². The molecule has 0 aliphatic carbocycles. The molecule has 0 rings (SSSR count). The number of esters is 2. The van der Waals surface area contributed by atoms with Crippen molar-refractivity contribution >= 4 is 20.0 Å². The van der Waals surface area contributed by atoms with E-state index in [1.165, 1.54) is 6.08 Å². The summed E-state index contributed by atoms with van der Waals surface area (Å²) in [7, 11) is -1.58. The van der Waals surface area contributed by atoms with Crippen LogP contribution >= 0.6 is 0 Å². The van der Waals surface area contributed by atoms with Crippen LogP contribution in [0.4, 0.5) is 0 Å². The predicted molar refractivity (Wildman–Crippen MR) is 86.3 cm³/mol. The topological polar surface area (TPSA) is 52.6 Å². The number of hydrogen-bond donors (Lipinski definition) is 0. The van der Waals surface area contributed by atoms with Crippen molar-refractivity contribution in [3.63, 3.8) is 0 Å². The molecular formula is C16H26O4Si. The van der Waals surface area contributed by atoms with Crippen LogP contribution in [0, 0.1) is 16.9 Å². The van der Waals surface area contributed by atoms with E-state index in [1.807, 2.05) is 0 Å². The lowest BCUT2D eigenvalue weighted by Gasteiger charge is -2.26. The SMILES string of the molecule is C=CCC(CC#C[Si](C)(C)C)(C(=O)OCC)C(=O)OCC. The molecule has 0 aliphatic heterocycles. The molecule has 0 heterocycles. The lowest BCUT2D eigenvalue weighted by molar-refractivity contribution is -0.171. The lowest BCUT2D eigenvalue weighted by atomic mass is 9.81. The van der Waals surface area contributed by atoms with Crippen molar-refractivity contribution in [2.45, 2.75) is 46.3 Å². The number of allylic oxidation sites excluding steroid dienone is 1. The Balaban J connectivity index is 5.55. The van der Waals surface area contributed by atoms with Gasteiger partial charge in [-0.25, -0.2) is 0 Å². The zero-order valence-electron chi connectivity index (χ0n) is 13.7. The minimum absolute atomic E-state index is 0.0982. The minimum atomic E-state index is -1.58. The van der Waals surface area contributed by atoms with E-state index in [0.29, 0.717) is 0 Å². The monoisotopic (exact) mass is 310 g/mol. The first-order valence-electron chi connectivity index (χ1n) is 7.19. The Morgan fingerprint density at radius 3 is 1.95 bits per heavy atom. The molecular weight excluding hydrogens is 284 g/mol. The molecule has 0 radical (unpaired) electrons. The van der Waals surface area contributed by atoms with Crippen molar-refractivity contribution in [1.82, 2.24) is 0 Å². The van der Waals surface area contributed by atoms with E-state index in [2.05, 4.69) is 37.7 Å². The van der Waals surface area contributed by atoms with Crippen molar-refractivity contribution in [1.29, 1.82) is 0 Å². The van der Waals surface area contributed by atoms with E-state index in [0.717, 1.165) is 0 Å². The summed E-state index contributed by atoms with van der Waals surface area (Å²) in [5.74, 6) is 1.81. The molecule has 0 atom stereocenters. The van der Waals surface area contributed by atoms with Crippen molar-refractivity contribution in [3.05, 3.63) is 12.7 Å². The van der Waals surface area contributed by atoms with Crippen LogP contribution in [0.5, 0.6) is 0 Å². The summed E-state index contributed by atoms with van der Waals surface area (Å²) < 4.78 is 10.1. The van der Waals surface area contributed by atoms with E-state index in [1.54, 1.807) is 13.8 Å². The highest BCUT2D eigenvalue weighted by Crippen LogP contribution is 2.31. The van der Waals surface area contributed by atoms with Gasteiger partial charge in [0.15, 0.2) is 5.41 Å². The van der Waals surface area contributed by atoms with Gasteiger partial charge in [-0.3, -0.25) is 9.59 Å². The van der Waals surface area contributed by atoms with Crippen molar-refractivity contribution in [3.8, 4) is 11.5 Å². The summed E-state index contributed by atoms with van der Waals surface area (Å²) in [5, 5.41) is 0. The third kappa shape index (κ3) is 6.17. The average molecular weight is 310 g/mol. The van der Waals surface area contributed by atoms with Crippen LogP contribution in [-0.4, -0.2) is 33.2 Å². The van der Waals surface area contributed by atoms with E-state index < -0.39 is 25.4 Å². The summed E-state index contributed by atoms with van der Waals surface area (Å²) in [6, 6.07) is 0. The highest BCUT2D eigenvalue weighted by molar-refractivity contribution is 6.83.